The number of anilines is 1. The van der Waals surface area contributed by atoms with E-state index in [1.54, 1.807) is 0 Å². The summed E-state index contributed by atoms with van der Waals surface area (Å²) in [5, 5.41) is 2.86. The standard InChI is InChI=1S/C9H11ClN2/c1-12-9-3-2-8(10)6-7(9)4-5-11-12/h2-3,6,11H,4-5H2,1H3. The topological polar surface area (TPSA) is 15.3 Å². The number of nitrogens with zero attached hydrogens (tertiary/aromatic N) is 1. The van der Waals surface area contributed by atoms with Crippen LogP contribution in [0.1, 0.15) is 5.56 Å². The van der Waals surface area contributed by atoms with Crippen LogP contribution in [0.2, 0.25) is 5.02 Å². The molecule has 0 fully saturated rings. The van der Waals surface area contributed by atoms with Crippen LogP contribution in [-0.2, 0) is 6.42 Å². The predicted molar refractivity (Wildman–Crippen MR) is 51.6 cm³/mol. The second kappa shape index (κ2) is 2.96. The van der Waals surface area contributed by atoms with Crippen LogP contribution in [0.4, 0.5) is 5.69 Å². The van der Waals surface area contributed by atoms with Crippen molar-refractivity contribution in [3.8, 4) is 0 Å². The minimum atomic E-state index is 0.823. The molecule has 12 heavy (non-hydrogen) atoms. The van der Waals surface area contributed by atoms with Crippen LogP contribution in [0.15, 0.2) is 18.2 Å². The van der Waals surface area contributed by atoms with Crippen LogP contribution in [-0.4, -0.2) is 13.6 Å². The maximum Gasteiger partial charge on any atom is 0.0549 e. The van der Waals surface area contributed by atoms with Gasteiger partial charge in [-0.15, -0.1) is 0 Å². The van der Waals surface area contributed by atoms with E-state index in [1.807, 2.05) is 30.3 Å². The van der Waals surface area contributed by atoms with Gasteiger partial charge in [0, 0.05) is 18.6 Å². The summed E-state index contributed by atoms with van der Waals surface area (Å²) >= 11 is 5.89. The first kappa shape index (κ1) is 7.90. The molecule has 1 aromatic rings. The van der Waals surface area contributed by atoms with Crippen LogP contribution >= 0.6 is 11.6 Å². The number of halogens is 1. The smallest absolute Gasteiger partial charge is 0.0549 e. The van der Waals surface area contributed by atoms with Crippen LogP contribution in [0.25, 0.3) is 0 Å². The first-order chi connectivity index (χ1) is 5.77. The molecule has 0 unspecified atom stereocenters. The molecule has 0 atom stereocenters. The molecule has 0 bridgehead atoms. The lowest BCUT2D eigenvalue weighted by atomic mass is 10.1. The van der Waals surface area contributed by atoms with E-state index >= 15 is 0 Å². The molecule has 0 saturated heterocycles. The Hall–Kier alpha value is -0.730. The number of hydrogen-bond acceptors (Lipinski definition) is 2. The predicted octanol–water partition coefficient (Wildman–Crippen LogP) is 1.84. The molecule has 0 aliphatic carbocycles. The second-order valence-electron chi connectivity index (χ2n) is 2.99. The second-order valence-corrected chi connectivity index (χ2v) is 3.43. The molecule has 1 aliphatic heterocycles. The van der Waals surface area contributed by atoms with Crippen molar-refractivity contribution in [1.29, 1.82) is 0 Å². The average Bonchev–Trinajstić information content (AvgIpc) is 2.04. The van der Waals surface area contributed by atoms with Gasteiger partial charge in [-0.05, 0) is 30.2 Å². The maximum absolute atomic E-state index is 5.89. The minimum absolute atomic E-state index is 0.823. The minimum Gasteiger partial charge on any atom is -0.311 e. The normalized spacial score (nSPS) is 16.0. The number of benzene rings is 1. The zero-order chi connectivity index (χ0) is 8.55. The van der Waals surface area contributed by atoms with E-state index in [4.69, 9.17) is 11.6 Å². The van der Waals surface area contributed by atoms with Gasteiger partial charge in [0.15, 0.2) is 0 Å². The zero-order valence-corrected chi connectivity index (χ0v) is 7.73. The van der Waals surface area contributed by atoms with Crippen molar-refractivity contribution in [1.82, 2.24) is 5.43 Å². The fraction of sp³-hybridized carbons (Fsp3) is 0.333. The molecule has 0 saturated carbocycles. The zero-order valence-electron chi connectivity index (χ0n) is 6.97. The summed E-state index contributed by atoms with van der Waals surface area (Å²) in [4.78, 5) is 0. The van der Waals surface area contributed by atoms with Gasteiger partial charge in [0.2, 0.25) is 0 Å². The molecule has 1 aromatic carbocycles. The largest absolute Gasteiger partial charge is 0.311 e. The van der Waals surface area contributed by atoms with Crippen molar-refractivity contribution < 1.29 is 0 Å². The number of hydrazine groups is 1. The Morgan fingerprint density at radius 2 is 2.33 bits per heavy atom. The Kier molecular flexibility index (Phi) is 1.95. The van der Waals surface area contributed by atoms with Crippen LogP contribution in [0, 0.1) is 0 Å². The third kappa shape index (κ3) is 1.28. The molecule has 1 heterocycles. The molecular weight excluding hydrogens is 172 g/mol. The summed E-state index contributed by atoms with van der Waals surface area (Å²) in [5.41, 5.74) is 5.80. The summed E-state index contributed by atoms with van der Waals surface area (Å²) in [5.74, 6) is 0. The lowest BCUT2D eigenvalue weighted by Gasteiger charge is -2.28. The lowest BCUT2D eigenvalue weighted by Crippen LogP contribution is -2.39. The summed E-state index contributed by atoms with van der Waals surface area (Å²) < 4.78 is 0. The SMILES string of the molecule is CN1NCCc2cc(Cl)ccc21. The van der Waals surface area contributed by atoms with Crippen LogP contribution < -0.4 is 10.4 Å². The monoisotopic (exact) mass is 182 g/mol. The van der Waals surface area contributed by atoms with Crippen molar-refractivity contribution >= 4 is 17.3 Å². The Bertz CT molecular complexity index is 299. The van der Waals surface area contributed by atoms with Gasteiger partial charge in [-0.3, -0.25) is 0 Å². The summed E-state index contributed by atoms with van der Waals surface area (Å²) in [6, 6.07) is 6.00. The van der Waals surface area contributed by atoms with Crippen molar-refractivity contribution in [3.63, 3.8) is 0 Å². The third-order valence-corrected chi connectivity index (χ3v) is 2.38. The highest BCUT2D eigenvalue weighted by Gasteiger charge is 2.12. The Morgan fingerprint density at radius 3 is 3.17 bits per heavy atom. The summed E-state index contributed by atoms with van der Waals surface area (Å²) in [6.07, 6.45) is 1.06. The molecule has 0 aromatic heterocycles. The molecule has 1 N–H and O–H groups in total. The molecule has 64 valence electrons. The Balaban J connectivity index is 2.46. The van der Waals surface area contributed by atoms with Gasteiger partial charge in [-0.1, -0.05) is 11.6 Å². The summed E-state index contributed by atoms with van der Waals surface area (Å²) in [7, 11) is 2.02. The van der Waals surface area contributed by atoms with Crippen molar-refractivity contribution in [2.24, 2.45) is 0 Å². The van der Waals surface area contributed by atoms with E-state index in [1.165, 1.54) is 11.3 Å². The molecule has 0 radical (unpaired) electrons. The molecule has 1 aliphatic rings. The first-order valence-electron chi connectivity index (χ1n) is 4.03. The van der Waals surface area contributed by atoms with E-state index in [0.717, 1.165) is 18.0 Å². The van der Waals surface area contributed by atoms with Gasteiger partial charge in [0.05, 0.1) is 5.69 Å². The van der Waals surface area contributed by atoms with Crippen molar-refractivity contribution in [2.45, 2.75) is 6.42 Å². The highest BCUT2D eigenvalue weighted by Crippen LogP contribution is 2.24. The highest BCUT2D eigenvalue weighted by molar-refractivity contribution is 6.30. The van der Waals surface area contributed by atoms with E-state index in [-0.39, 0.29) is 0 Å². The Morgan fingerprint density at radius 1 is 1.50 bits per heavy atom. The van der Waals surface area contributed by atoms with E-state index in [9.17, 15) is 0 Å². The van der Waals surface area contributed by atoms with Crippen LogP contribution in [0.3, 0.4) is 0 Å². The average molecular weight is 183 g/mol. The van der Waals surface area contributed by atoms with Gasteiger partial charge < -0.3 is 5.01 Å². The van der Waals surface area contributed by atoms with E-state index in [2.05, 4.69) is 5.43 Å². The molecule has 2 nitrogen and oxygen atoms in total. The highest BCUT2D eigenvalue weighted by atomic mass is 35.5. The molecule has 0 amide bonds. The van der Waals surface area contributed by atoms with Crippen molar-refractivity contribution in [3.05, 3.63) is 28.8 Å². The van der Waals surface area contributed by atoms with Gasteiger partial charge in [0.1, 0.15) is 0 Å². The number of rotatable bonds is 0. The fourth-order valence-corrected chi connectivity index (χ4v) is 1.72. The molecule has 0 spiro atoms. The van der Waals surface area contributed by atoms with Gasteiger partial charge >= 0.3 is 0 Å². The Labute approximate surface area is 77.1 Å². The number of hydrogen-bond donors (Lipinski definition) is 1. The maximum atomic E-state index is 5.89. The van der Waals surface area contributed by atoms with E-state index in [0.29, 0.717) is 0 Å². The van der Waals surface area contributed by atoms with Gasteiger partial charge in [-0.25, -0.2) is 5.43 Å². The van der Waals surface area contributed by atoms with E-state index < -0.39 is 0 Å². The molecule has 2 rings (SSSR count). The summed E-state index contributed by atoms with van der Waals surface area (Å²) in [6.45, 7) is 0.990. The first-order valence-corrected chi connectivity index (χ1v) is 4.41. The van der Waals surface area contributed by atoms with Crippen molar-refractivity contribution in [2.75, 3.05) is 18.6 Å². The van der Waals surface area contributed by atoms with Gasteiger partial charge in [0.25, 0.3) is 0 Å². The van der Waals surface area contributed by atoms with Gasteiger partial charge in [-0.2, -0.15) is 0 Å². The van der Waals surface area contributed by atoms with Crippen LogP contribution in [0.5, 0.6) is 0 Å². The quantitative estimate of drug-likeness (QED) is 0.659. The molecular formula is C9H11ClN2. The molecule has 3 heteroatoms. The number of nitrogens with one attached hydrogen (secondary N) is 1. The lowest BCUT2D eigenvalue weighted by molar-refractivity contribution is 0.641. The third-order valence-electron chi connectivity index (χ3n) is 2.15. The number of fused-ring (bicyclic) bond motifs is 1. The fourth-order valence-electron chi connectivity index (χ4n) is 1.52.